The fourth-order valence-corrected chi connectivity index (χ4v) is 4.32. The average Bonchev–Trinajstić information content (AvgIpc) is 3.29. The molecular weight excluding hydrogens is 448 g/mol. The summed E-state index contributed by atoms with van der Waals surface area (Å²) >= 11 is 0. The van der Waals surface area contributed by atoms with Crippen LogP contribution < -0.4 is 5.32 Å². The number of hydrogen-bond acceptors (Lipinski definition) is 4. The fourth-order valence-electron chi connectivity index (χ4n) is 4.32. The summed E-state index contributed by atoms with van der Waals surface area (Å²) in [5.74, 6) is -6.31. The number of rotatable bonds is 6. The SMILES string of the molecule is O=C(NCC(=O)N1CC(OC(F)F)CC1C(=O)O)c1cccc2c1-c1ccccc1C2(F)F. The van der Waals surface area contributed by atoms with E-state index in [0.29, 0.717) is 0 Å². The van der Waals surface area contributed by atoms with E-state index in [1.54, 1.807) is 6.07 Å². The van der Waals surface area contributed by atoms with E-state index in [-0.39, 0.29) is 40.8 Å². The van der Waals surface area contributed by atoms with Crippen molar-refractivity contribution in [3.05, 3.63) is 59.2 Å². The maximum Gasteiger partial charge on any atom is 0.345 e. The van der Waals surface area contributed by atoms with Crippen molar-refractivity contribution in [2.75, 3.05) is 13.1 Å². The van der Waals surface area contributed by atoms with Crippen molar-refractivity contribution in [1.29, 1.82) is 0 Å². The first kappa shape index (κ1) is 22.7. The topological polar surface area (TPSA) is 95.9 Å². The summed E-state index contributed by atoms with van der Waals surface area (Å²) in [4.78, 5) is 37.6. The highest BCUT2D eigenvalue weighted by Gasteiger charge is 2.46. The van der Waals surface area contributed by atoms with Gasteiger partial charge in [-0.15, -0.1) is 0 Å². The van der Waals surface area contributed by atoms with Gasteiger partial charge >= 0.3 is 12.6 Å². The molecule has 0 aromatic heterocycles. The number of likely N-dealkylation sites (tertiary alicyclic amines) is 1. The first-order valence-electron chi connectivity index (χ1n) is 9.96. The summed E-state index contributed by atoms with van der Waals surface area (Å²) < 4.78 is 58.9. The van der Waals surface area contributed by atoms with Gasteiger partial charge in [-0.25, -0.2) is 4.79 Å². The maximum absolute atomic E-state index is 14.8. The number of carboxylic acid groups (broad SMARTS) is 1. The lowest BCUT2D eigenvalue weighted by molar-refractivity contribution is -0.160. The van der Waals surface area contributed by atoms with Crippen LogP contribution in [0.5, 0.6) is 0 Å². The number of nitrogens with one attached hydrogen (secondary N) is 1. The minimum atomic E-state index is -3.29. The summed E-state index contributed by atoms with van der Waals surface area (Å²) in [5.41, 5.74) is -0.381. The standard InChI is InChI=1S/C22H18F4N2O5/c23-21(24)33-11-8-16(20(31)32)28(10-11)17(29)9-27-19(30)13-5-3-7-15-18(13)12-4-1-2-6-14(12)22(15,25)26/h1-7,11,16,21H,8-10H2,(H,27,30)(H,31,32). The first-order chi connectivity index (χ1) is 15.6. The van der Waals surface area contributed by atoms with E-state index >= 15 is 0 Å². The van der Waals surface area contributed by atoms with Crippen LogP contribution in [0, 0.1) is 0 Å². The number of fused-ring (bicyclic) bond motifs is 3. The number of nitrogens with zero attached hydrogens (tertiary/aromatic N) is 1. The fraction of sp³-hybridized carbons (Fsp3) is 0.318. The van der Waals surface area contributed by atoms with Crippen LogP contribution in [0.4, 0.5) is 17.6 Å². The molecule has 2 N–H and O–H groups in total. The highest BCUT2D eigenvalue weighted by Crippen LogP contribution is 2.51. The molecule has 2 amide bonds. The van der Waals surface area contributed by atoms with Gasteiger partial charge in [0.2, 0.25) is 5.91 Å². The number of halogens is 4. The van der Waals surface area contributed by atoms with Crippen LogP contribution in [-0.4, -0.2) is 59.6 Å². The second-order valence-corrected chi connectivity index (χ2v) is 7.69. The number of ether oxygens (including phenoxy) is 1. The Labute approximate surface area is 184 Å². The van der Waals surface area contributed by atoms with Gasteiger partial charge in [-0.2, -0.15) is 17.6 Å². The van der Waals surface area contributed by atoms with E-state index in [4.69, 9.17) is 0 Å². The molecule has 0 bridgehead atoms. The molecule has 2 atom stereocenters. The van der Waals surface area contributed by atoms with Gasteiger partial charge < -0.3 is 20.1 Å². The van der Waals surface area contributed by atoms with E-state index in [9.17, 15) is 37.1 Å². The number of benzene rings is 2. The molecule has 0 radical (unpaired) electrons. The zero-order valence-electron chi connectivity index (χ0n) is 16.9. The van der Waals surface area contributed by atoms with E-state index in [1.807, 2.05) is 0 Å². The summed E-state index contributed by atoms with van der Waals surface area (Å²) in [7, 11) is 0. The third kappa shape index (κ3) is 4.04. The summed E-state index contributed by atoms with van der Waals surface area (Å²) in [6, 6.07) is 8.28. The lowest BCUT2D eigenvalue weighted by Gasteiger charge is -2.21. The van der Waals surface area contributed by atoms with Gasteiger partial charge in [-0.1, -0.05) is 36.4 Å². The lowest BCUT2D eigenvalue weighted by Crippen LogP contribution is -2.45. The number of alkyl halides is 4. The molecule has 2 aromatic rings. The van der Waals surface area contributed by atoms with Crippen molar-refractivity contribution in [2.45, 2.75) is 31.1 Å². The minimum Gasteiger partial charge on any atom is -0.480 e. The number of carbonyl (C=O) groups is 3. The molecule has 1 saturated heterocycles. The second kappa shape index (κ2) is 8.47. The normalized spacial score (nSPS) is 20.5. The largest absolute Gasteiger partial charge is 0.480 e. The van der Waals surface area contributed by atoms with E-state index in [2.05, 4.69) is 10.1 Å². The Balaban J connectivity index is 1.52. The van der Waals surface area contributed by atoms with Gasteiger partial charge in [0.1, 0.15) is 6.04 Å². The zero-order chi connectivity index (χ0) is 23.9. The first-order valence-corrected chi connectivity index (χ1v) is 9.96. The molecule has 0 saturated carbocycles. The van der Waals surface area contributed by atoms with Crippen LogP contribution in [-0.2, 0) is 20.2 Å². The summed E-state index contributed by atoms with van der Waals surface area (Å²) in [6.45, 7) is -4.15. The van der Waals surface area contributed by atoms with Crippen molar-refractivity contribution in [2.24, 2.45) is 0 Å². The monoisotopic (exact) mass is 466 g/mol. The van der Waals surface area contributed by atoms with Gasteiger partial charge in [0, 0.05) is 35.2 Å². The quantitative estimate of drug-likeness (QED) is 0.639. The van der Waals surface area contributed by atoms with Crippen LogP contribution in [0.25, 0.3) is 11.1 Å². The van der Waals surface area contributed by atoms with E-state index in [1.165, 1.54) is 36.4 Å². The van der Waals surface area contributed by atoms with Gasteiger partial charge in [0.15, 0.2) is 0 Å². The van der Waals surface area contributed by atoms with Crippen LogP contribution in [0.15, 0.2) is 42.5 Å². The third-order valence-corrected chi connectivity index (χ3v) is 5.75. The Bertz CT molecular complexity index is 1120. The number of carboxylic acids is 1. The molecule has 2 unspecified atom stereocenters. The summed E-state index contributed by atoms with van der Waals surface area (Å²) in [5, 5.41) is 11.6. The molecule has 174 valence electrons. The molecule has 1 aliphatic heterocycles. The highest BCUT2D eigenvalue weighted by atomic mass is 19.3. The number of carbonyl (C=O) groups excluding carboxylic acids is 2. The van der Waals surface area contributed by atoms with Crippen molar-refractivity contribution in [3.63, 3.8) is 0 Å². The minimum absolute atomic E-state index is 0.0537. The zero-order valence-corrected chi connectivity index (χ0v) is 16.9. The second-order valence-electron chi connectivity index (χ2n) is 7.69. The van der Waals surface area contributed by atoms with Crippen LogP contribution in [0.1, 0.15) is 27.9 Å². The van der Waals surface area contributed by atoms with Crippen LogP contribution in [0.2, 0.25) is 0 Å². The molecule has 2 aliphatic rings. The molecule has 2 aromatic carbocycles. The predicted octanol–water partition coefficient (Wildman–Crippen LogP) is 2.83. The summed E-state index contributed by atoms with van der Waals surface area (Å²) in [6.07, 6.45) is -1.49. The Kier molecular flexibility index (Phi) is 5.83. The lowest BCUT2D eigenvalue weighted by atomic mass is 9.99. The van der Waals surface area contributed by atoms with Crippen LogP contribution >= 0.6 is 0 Å². The molecule has 1 aliphatic carbocycles. The molecule has 7 nitrogen and oxygen atoms in total. The Morgan fingerprint density at radius 2 is 1.82 bits per heavy atom. The number of aliphatic carboxylic acids is 1. The Morgan fingerprint density at radius 3 is 2.52 bits per heavy atom. The molecule has 4 rings (SSSR count). The third-order valence-electron chi connectivity index (χ3n) is 5.75. The van der Waals surface area contributed by atoms with Crippen molar-refractivity contribution < 1.29 is 41.8 Å². The Morgan fingerprint density at radius 1 is 1.12 bits per heavy atom. The molecular formula is C22H18F4N2O5. The maximum atomic E-state index is 14.8. The average molecular weight is 466 g/mol. The van der Waals surface area contributed by atoms with Gasteiger partial charge in [-0.3, -0.25) is 9.59 Å². The Hall–Kier alpha value is -3.47. The van der Waals surface area contributed by atoms with Gasteiger partial charge in [-0.05, 0) is 11.6 Å². The van der Waals surface area contributed by atoms with Crippen molar-refractivity contribution in [1.82, 2.24) is 10.2 Å². The van der Waals surface area contributed by atoms with Gasteiger partial charge in [0.25, 0.3) is 11.8 Å². The molecule has 33 heavy (non-hydrogen) atoms. The van der Waals surface area contributed by atoms with Crippen molar-refractivity contribution >= 4 is 17.8 Å². The van der Waals surface area contributed by atoms with Crippen LogP contribution in [0.3, 0.4) is 0 Å². The molecule has 1 fully saturated rings. The van der Waals surface area contributed by atoms with Crippen molar-refractivity contribution in [3.8, 4) is 11.1 Å². The van der Waals surface area contributed by atoms with Gasteiger partial charge in [0.05, 0.1) is 12.6 Å². The van der Waals surface area contributed by atoms with E-state index in [0.717, 1.165) is 4.90 Å². The number of hydrogen-bond donors (Lipinski definition) is 2. The predicted molar refractivity (Wildman–Crippen MR) is 106 cm³/mol. The molecule has 1 heterocycles. The highest BCUT2D eigenvalue weighted by molar-refractivity contribution is 6.04. The smallest absolute Gasteiger partial charge is 0.345 e. The number of amides is 2. The van der Waals surface area contributed by atoms with E-state index < -0.39 is 49.0 Å². The molecule has 11 heteroatoms. The molecule has 0 spiro atoms.